The van der Waals surface area contributed by atoms with Crippen LogP contribution in [-0.4, -0.2) is 31.7 Å². The van der Waals surface area contributed by atoms with Gasteiger partial charge in [-0.15, -0.1) is 10.2 Å². The largest absolute Gasteiger partial charge is 0.350 e. The van der Waals surface area contributed by atoms with Gasteiger partial charge in [0, 0.05) is 5.54 Å². The molecular weight excluding hydrogens is 350 g/mol. The van der Waals surface area contributed by atoms with Crippen LogP contribution in [0.15, 0.2) is 42.2 Å². The first-order valence-electron chi connectivity index (χ1n) is 10.4. The van der Waals surface area contributed by atoms with Gasteiger partial charge in [0.1, 0.15) is 0 Å². The van der Waals surface area contributed by atoms with Gasteiger partial charge in [0.25, 0.3) is 0 Å². The van der Waals surface area contributed by atoms with Gasteiger partial charge in [-0.05, 0) is 73.6 Å². The quantitative estimate of drug-likeness (QED) is 0.892. The molecule has 1 N–H and O–H groups in total. The van der Waals surface area contributed by atoms with Crippen molar-refractivity contribution in [1.29, 1.82) is 0 Å². The topological polar surface area (TPSA) is 72.7 Å². The van der Waals surface area contributed by atoms with E-state index in [1.807, 2.05) is 23.0 Å². The van der Waals surface area contributed by atoms with E-state index in [0.717, 1.165) is 32.1 Å². The number of nitrogens with zero attached hydrogens (tertiary/aromatic N) is 4. The van der Waals surface area contributed by atoms with Crippen LogP contribution in [0.4, 0.5) is 0 Å². The summed E-state index contributed by atoms with van der Waals surface area (Å²) < 4.78 is 0. The van der Waals surface area contributed by atoms with E-state index in [-0.39, 0.29) is 22.9 Å². The molecule has 1 amide bonds. The zero-order valence-electron chi connectivity index (χ0n) is 16.1. The van der Waals surface area contributed by atoms with Crippen molar-refractivity contribution < 1.29 is 4.79 Å². The van der Waals surface area contributed by atoms with Crippen molar-refractivity contribution in [2.75, 3.05) is 0 Å². The second-order valence-corrected chi connectivity index (χ2v) is 9.58. The van der Waals surface area contributed by atoms with E-state index in [1.165, 1.54) is 29.5 Å². The van der Waals surface area contributed by atoms with Crippen LogP contribution in [-0.2, 0) is 10.3 Å². The Labute approximate surface area is 164 Å². The van der Waals surface area contributed by atoms with Gasteiger partial charge >= 0.3 is 0 Å². The predicted octanol–water partition coefficient (Wildman–Crippen LogP) is 2.94. The molecule has 3 atom stereocenters. The Morgan fingerprint density at radius 3 is 2.57 bits per heavy atom. The van der Waals surface area contributed by atoms with Crippen molar-refractivity contribution in [1.82, 2.24) is 25.5 Å². The number of carbonyl (C=O) groups is 1. The maximum absolute atomic E-state index is 13.3. The predicted molar refractivity (Wildman–Crippen MR) is 104 cm³/mol. The molecule has 4 fully saturated rings. The molecule has 6 nitrogen and oxygen atoms in total. The maximum atomic E-state index is 13.3. The third-order valence-corrected chi connectivity index (χ3v) is 7.60. The first kappa shape index (κ1) is 16.5. The fraction of sp³-hybridized carbons (Fsp3) is 0.545. The molecule has 5 aliphatic carbocycles. The van der Waals surface area contributed by atoms with Crippen LogP contribution in [0, 0.1) is 17.8 Å². The molecule has 4 bridgehead atoms. The minimum absolute atomic E-state index is 0.0594. The summed E-state index contributed by atoms with van der Waals surface area (Å²) in [6.07, 6.45) is 8.18. The minimum atomic E-state index is -0.112. The van der Waals surface area contributed by atoms with E-state index in [2.05, 4.69) is 39.8 Å². The smallest absolute Gasteiger partial charge is 0.232 e. The molecule has 6 heteroatoms. The highest BCUT2D eigenvalue weighted by Gasteiger charge is 2.60. The number of hydrogen-bond acceptors (Lipinski definition) is 4. The van der Waals surface area contributed by atoms with Crippen LogP contribution in [0.3, 0.4) is 0 Å². The van der Waals surface area contributed by atoms with Gasteiger partial charge in [-0.2, -0.15) is 4.80 Å². The fourth-order valence-electron chi connectivity index (χ4n) is 6.98. The van der Waals surface area contributed by atoms with E-state index in [4.69, 9.17) is 0 Å². The van der Waals surface area contributed by atoms with Crippen molar-refractivity contribution in [2.24, 2.45) is 17.8 Å². The zero-order chi connectivity index (χ0) is 18.9. The normalized spacial score (nSPS) is 38.0. The summed E-state index contributed by atoms with van der Waals surface area (Å²) in [4.78, 5) is 15.1. The molecular formula is C22H25N5O. The van der Waals surface area contributed by atoms with E-state index < -0.39 is 0 Å². The van der Waals surface area contributed by atoms with E-state index >= 15 is 0 Å². The number of nitrogens with one attached hydrogen (secondary N) is 1. The maximum Gasteiger partial charge on any atom is 0.232 e. The molecule has 0 saturated heterocycles. The Morgan fingerprint density at radius 1 is 1.14 bits per heavy atom. The molecule has 2 aromatic rings. The first-order chi connectivity index (χ1) is 13.6. The minimum Gasteiger partial charge on any atom is -0.350 e. The lowest BCUT2D eigenvalue weighted by Gasteiger charge is -2.61. The number of hydrogen-bond donors (Lipinski definition) is 1. The standard InChI is InChI=1S/C22H25N5O/c1-14-18(17-5-3-2-4-6-17)19(14)20(28)25-21-8-15-7-16(9-21)11-22(10-15,12-21)27-24-13-23-26-27/h2-6,13,15-16,19H,7-12H2,1H3,(H,25,28). The van der Waals surface area contributed by atoms with Gasteiger partial charge in [-0.25, -0.2) is 0 Å². The van der Waals surface area contributed by atoms with Crippen LogP contribution in [0.1, 0.15) is 51.0 Å². The van der Waals surface area contributed by atoms with E-state index in [9.17, 15) is 4.79 Å². The van der Waals surface area contributed by atoms with Gasteiger partial charge < -0.3 is 5.32 Å². The molecule has 1 aromatic heterocycles. The average Bonchev–Trinajstić information content (AvgIpc) is 3.06. The third kappa shape index (κ3) is 2.33. The summed E-state index contributed by atoms with van der Waals surface area (Å²) in [5.74, 6) is 1.42. The Kier molecular flexibility index (Phi) is 3.24. The van der Waals surface area contributed by atoms with Crippen molar-refractivity contribution >= 4 is 11.5 Å². The third-order valence-electron chi connectivity index (χ3n) is 7.60. The van der Waals surface area contributed by atoms with Crippen LogP contribution < -0.4 is 5.32 Å². The second-order valence-electron chi connectivity index (χ2n) is 9.58. The molecule has 7 rings (SSSR count). The molecule has 0 aliphatic heterocycles. The highest BCUT2D eigenvalue weighted by Crippen LogP contribution is 2.60. The number of amides is 1. The highest BCUT2D eigenvalue weighted by atomic mass is 16.2. The number of benzene rings is 1. The SMILES string of the molecule is CC1=C(c2ccccc2)C1C(=O)NC12CC3CC(C1)CC(n1ncnn1)(C3)C2. The first-order valence-corrected chi connectivity index (χ1v) is 10.4. The van der Waals surface area contributed by atoms with Crippen LogP contribution >= 0.6 is 0 Å². The van der Waals surface area contributed by atoms with Crippen molar-refractivity contribution in [3.8, 4) is 0 Å². The summed E-state index contributed by atoms with van der Waals surface area (Å²) in [6, 6.07) is 10.3. The molecule has 5 aliphatic rings. The molecule has 3 unspecified atom stereocenters. The molecule has 1 heterocycles. The van der Waals surface area contributed by atoms with Gasteiger partial charge in [-0.3, -0.25) is 4.79 Å². The number of tetrazole rings is 1. The average molecular weight is 375 g/mol. The lowest BCUT2D eigenvalue weighted by molar-refractivity contribution is -0.132. The Bertz CT molecular complexity index is 950. The molecule has 1 aromatic carbocycles. The van der Waals surface area contributed by atoms with E-state index in [0.29, 0.717) is 11.8 Å². The summed E-state index contributed by atoms with van der Waals surface area (Å²) in [5.41, 5.74) is 3.41. The zero-order valence-corrected chi connectivity index (χ0v) is 16.1. The van der Waals surface area contributed by atoms with Crippen molar-refractivity contribution in [3.63, 3.8) is 0 Å². The summed E-state index contributed by atoms with van der Waals surface area (Å²) in [7, 11) is 0. The van der Waals surface area contributed by atoms with Crippen molar-refractivity contribution in [2.45, 2.75) is 56.5 Å². The Hall–Kier alpha value is -2.50. The van der Waals surface area contributed by atoms with Crippen LogP contribution in [0.25, 0.3) is 5.57 Å². The molecule has 0 radical (unpaired) electrons. The van der Waals surface area contributed by atoms with Crippen LogP contribution in [0.2, 0.25) is 0 Å². The molecule has 0 spiro atoms. The second kappa shape index (κ2) is 5.52. The number of carbonyl (C=O) groups excluding carboxylic acids is 1. The summed E-state index contributed by atoms with van der Waals surface area (Å²) >= 11 is 0. The molecule has 4 saturated carbocycles. The molecule has 144 valence electrons. The lowest BCUT2D eigenvalue weighted by atomic mass is 9.50. The van der Waals surface area contributed by atoms with Crippen LogP contribution in [0.5, 0.6) is 0 Å². The van der Waals surface area contributed by atoms with Gasteiger partial charge in [0.05, 0.1) is 11.5 Å². The fourth-order valence-corrected chi connectivity index (χ4v) is 6.98. The Morgan fingerprint density at radius 2 is 1.89 bits per heavy atom. The number of aromatic nitrogens is 4. The highest BCUT2D eigenvalue weighted by molar-refractivity contribution is 6.06. The monoisotopic (exact) mass is 375 g/mol. The van der Waals surface area contributed by atoms with Crippen molar-refractivity contribution in [3.05, 3.63) is 47.8 Å². The Balaban J connectivity index is 1.25. The lowest BCUT2D eigenvalue weighted by Crippen LogP contribution is -2.66. The van der Waals surface area contributed by atoms with Gasteiger partial charge in [0.2, 0.25) is 5.91 Å². The van der Waals surface area contributed by atoms with Gasteiger partial charge in [0.15, 0.2) is 6.33 Å². The van der Waals surface area contributed by atoms with Gasteiger partial charge in [-0.1, -0.05) is 35.9 Å². The summed E-state index contributed by atoms with van der Waals surface area (Å²) in [6.45, 7) is 2.09. The number of rotatable bonds is 4. The molecule has 28 heavy (non-hydrogen) atoms. The van der Waals surface area contributed by atoms with E-state index in [1.54, 1.807) is 0 Å². The summed E-state index contributed by atoms with van der Waals surface area (Å²) in [5, 5.41) is 16.2.